The zero-order valence-corrected chi connectivity index (χ0v) is 14.0. The second-order valence-corrected chi connectivity index (χ2v) is 6.96. The number of nitrogens with zero attached hydrogens (tertiary/aromatic N) is 3. The van der Waals surface area contributed by atoms with Crippen LogP contribution in [0.25, 0.3) is 0 Å². The van der Waals surface area contributed by atoms with Gasteiger partial charge in [-0.2, -0.15) is 0 Å². The summed E-state index contributed by atoms with van der Waals surface area (Å²) in [5.41, 5.74) is 0.218. The number of aliphatic hydroxyl groups is 1. The van der Waals surface area contributed by atoms with Gasteiger partial charge in [-0.1, -0.05) is 20.8 Å². The summed E-state index contributed by atoms with van der Waals surface area (Å²) in [6.45, 7) is 6.59. The summed E-state index contributed by atoms with van der Waals surface area (Å²) >= 11 is 0. The number of nitrogens with one attached hydrogen (secondary N) is 1. The molecule has 2 amide bonds. The Morgan fingerprint density at radius 2 is 1.91 bits per heavy atom. The first-order chi connectivity index (χ1) is 10.7. The predicted molar refractivity (Wildman–Crippen MR) is 84.8 cm³/mol. The van der Waals surface area contributed by atoms with Crippen LogP contribution in [0.1, 0.15) is 43.4 Å². The molecule has 7 nitrogen and oxygen atoms in total. The molecule has 2 rings (SSSR count). The molecule has 1 aromatic rings. The van der Waals surface area contributed by atoms with Crippen LogP contribution in [0.15, 0.2) is 12.4 Å². The van der Waals surface area contributed by atoms with Gasteiger partial charge in [0.05, 0.1) is 11.7 Å². The highest BCUT2D eigenvalue weighted by Gasteiger charge is 2.35. The van der Waals surface area contributed by atoms with Gasteiger partial charge in [-0.05, 0) is 0 Å². The van der Waals surface area contributed by atoms with Crippen LogP contribution in [-0.2, 0) is 10.2 Å². The Bertz CT molecular complexity index is 580. The number of rotatable bonds is 3. The number of carbonyl (C=O) groups is 2. The lowest BCUT2D eigenvalue weighted by atomic mass is 9.96. The highest BCUT2D eigenvalue weighted by Crippen LogP contribution is 2.22. The van der Waals surface area contributed by atoms with Crippen molar-refractivity contribution in [2.24, 2.45) is 5.92 Å². The largest absolute Gasteiger partial charge is 0.391 e. The van der Waals surface area contributed by atoms with E-state index >= 15 is 0 Å². The van der Waals surface area contributed by atoms with Crippen molar-refractivity contribution in [1.82, 2.24) is 20.2 Å². The molecule has 0 spiro atoms. The van der Waals surface area contributed by atoms with E-state index in [1.807, 2.05) is 20.8 Å². The van der Waals surface area contributed by atoms with E-state index in [0.717, 1.165) is 0 Å². The summed E-state index contributed by atoms with van der Waals surface area (Å²) in [6, 6.07) is 0. The van der Waals surface area contributed by atoms with Crippen molar-refractivity contribution in [3.8, 4) is 0 Å². The average Bonchev–Trinajstić information content (AvgIpc) is 2.86. The summed E-state index contributed by atoms with van der Waals surface area (Å²) in [5.74, 6) is 0.0757. The molecule has 0 aromatic carbocycles. The minimum absolute atomic E-state index is 0.138. The molecule has 126 valence electrons. The van der Waals surface area contributed by atoms with Crippen molar-refractivity contribution in [3.05, 3.63) is 23.8 Å². The number of aliphatic hydroxyl groups excluding tert-OH is 1. The van der Waals surface area contributed by atoms with Crippen LogP contribution < -0.4 is 5.32 Å². The van der Waals surface area contributed by atoms with Gasteiger partial charge in [-0.15, -0.1) is 0 Å². The molecule has 2 N–H and O–H groups in total. The van der Waals surface area contributed by atoms with Crippen LogP contribution in [-0.4, -0.2) is 58.0 Å². The normalized spacial score (nSPS) is 21.3. The molecule has 1 aromatic heterocycles. The molecule has 2 atom stereocenters. The Balaban J connectivity index is 2.05. The zero-order chi connectivity index (χ0) is 17.2. The van der Waals surface area contributed by atoms with Crippen molar-refractivity contribution < 1.29 is 14.7 Å². The van der Waals surface area contributed by atoms with Gasteiger partial charge in [0.25, 0.3) is 5.91 Å². The van der Waals surface area contributed by atoms with Gasteiger partial charge in [-0.25, -0.2) is 9.97 Å². The highest BCUT2D eigenvalue weighted by molar-refractivity contribution is 5.94. The van der Waals surface area contributed by atoms with Crippen LogP contribution in [0.3, 0.4) is 0 Å². The quantitative estimate of drug-likeness (QED) is 0.837. The standard InChI is InChI=1S/C16H24N4O3/c1-16(2,3)15-18-6-11(7-19-15)14(23)20-8-10(12(21)9-20)5-13(22)17-4/h6-7,10,12,21H,5,8-9H2,1-4H3,(H,17,22)/t10-,12+/m1/s1. The predicted octanol–water partition coefficient (Wildman–Crippen LogP) is 0.343. The van der Waals surface area contributed by atoms with Crippen LogP contribution >= 0.6 is 0 Å². The van der Waals surface area contributed by atoms with E-state index in [4.69, 9.17) is 0 Å². The van der Waals surface area contributed by atoms with E-state index in [1.54, 1.807) is 11.9 Å². The molecule has 0 radical (unpaired) electrons. The maximum Gasteiger partial charge on any atom is 0.257 e. The van der Waals surface area contributed by atoms with Crippen LogP contribution in [0.4, 0.5) is 0 Å². The first kappa shape index (κ1) is 17.3. The number of hydrogen-bond donors (Lipinski definition) is 2. The van der Waals surface area contributed by atoms with Crippen LogP contribution in [0.2, 0.25) is 0 Å². The lowest BCUT2D eigenvalue weighted by molar-refractivity contribution is -0.122. The molecule has 2 heterocycles. The number of hydrogen-bond acceptors (Lipinski definition) is 5. The first-order valence-corrected chi connectivity index (χ1v) is 7.73. The topological polar surface area (TPSA) is 95.4 Å². The average molecular weight is 320 g/mol. The van der Waals surface area contributed by atoms with Gasteiger partial charge < -0.3 is 15.3 Å². The molecule has 1 saturated heterocycles. The van der Waals surface area contributed by atoms with Crippen molar-refractivity contribution in [2.75, 3.05) is 20.1 Å². The number of β-amino-alcohol motifs (C(OH)–C–C–N with tert-alkyl or cyclic N) is 1. The van der Waals surface area contributed by atoms with E-state index in [0.29, 0.717) is 17.9 Å². The van der Waals surface area contributed by atoms with Crippen molar-refractivity contribution in [1.29, 1.82) is 0 Å². The summed E-state index contributed by atoms with van der Waals surface area (Å²) in [7, 11) is 1.56. The maximum atomic E-state index is 12.5. The third kappa shape index (κ3) is 4.04. The second-order valence-electron chi connectivity index (χ2n) is 6.96. The summed E-state index contributed by atoms with van der Waals surface area (Å²) in [5, 5.41) is 12.6. The van der Waals surface area contributed by atoms with Crippen LogP contribution in [0, 0.1) is 5.92 Å². The maximum absolute atomic E-state index is 12.5. The van der Waals surface area contributed by atoms with E-state index in [2.05, 4.69) is 15.3 Å². The lowest BCUT2D eigenvalue weighted by Crippen LogP contribution is -2.30. The van der Waals surface area contributed by atoms with E-state index < -0.39 is 6.10 Å². The summed E-state index contributed by atoms with van der Waals surface area (Å²) in [6.07, 6.45) is 2.56. The second kappa shape index (κ2) is 6.62. The fraction of sp³-hybridized carbons (Fsp3) is 0.625. The molecular formula is C16H24N4O3. The number of likely N-dealkylation sites (tertiary alicyclic amines) is 1. The molecular weight excluding hydrogens is 296 g/mol. The molecule has 0 saturated carbocycles. The lowest BCUT2D eigenvalue weighted by Gasteiger charge is -2.18. The Labute approximate surface area is 136 Å². The third-order valence-electron chi connectivity index (χ3n) is 3.99. The molecule has 7 heteroatoms. The monoisotopic (exact) mass is 320 g/mol. The fourth-order valence-corrected chi connectivity index (χ4v) is 2.57. The van der Waals surface area contributed by atoms with Crippen molar-refractivity contribution in [3.63, 3.8) is 0 Å². The highest BCUT2D eigenvalue weighted by atomic mass is 16.3. The molecule has 23 heavy (non-hydrogen) atoms. The SMILES string of the molecule is CNC(=O)C[C@@H]1CN(C(=O)c2cnc(C(C)(C)C)nc2)C[C@@H]1O. The van der Waals surface area contributed by atoms with Gasteiger partial charge in [-0.3, -0.25) is 9.59 Å². The van der Waals surface area contributed by atoms with Gasteiger partial charge in [0.2, 0.25) is 5.91 Å². The summed E-state index contributed by atoms with van der Waals surface area (Å²) < 4.78 is 0. The van der Waals surface area contributed by atoms with Crippen LogP contribution in [0.5, 0.6) is 0 Å². The molecule has 1 aliphatic rings. The molecule has 0 aliphatic carbocycles. The molecule has 0 unspecified atom stereocenters. The van der Waals surface area contributed by atoms with Crippen molar-refractivity contribution >= 4 is 11.8 Å². The van der Waals surface area contributed by atoms with Gasteiger partial charge in [0.1, 0.15) is 5.82 Å². The van der Waals surface area contributed by atoms with Crippen molar-refractivity contribution in [2.45, 2.75) is 38.7 Å². The summed E-state index contributed by atoms with van der Waals surface area (Å²) in [4.78, 5) is 34.0. The van der Waals surface area contributed by atoms with E-state index in [1.165, 1.54) is 12.4 Å². The zero-order valence-electron chi connectivity index (χ0n) is 14.0. The number of amides is 2. The Morgan fingerprint density at radius 1 is 1.30 bits per heavy atom. The van der Waals surface area contributed by atoms with E-state index in [-0.39, 0.29) is 36.1 Å². The number of aromatic nitrogens is 2. The van der Waals surface area contributed by atoms with E-state index in [9.17, 15) is 14.7 Å². The third-order valence-corrected chi connectivity index (χ3v) is 3.99. The minimum Gasteiger partial charge on any atom is -0.391 e. The number of carbonyl (C=O) groups excluding carboxylic acids is 2. The Morgan fingerprint density at radius 3 is 2.43 bits per heavy atom. The molecule has 1 fully saturated rings. The van der Waals surface area contributed by atoms with Gasteiger partial charge in [0.15, 0.2) is 0 Å². The molecule has 1 aliphatic heterocycles. The Hall–Kier alpha value is -2.02. The van der Waals surface area contributed by atoms with Gasteiger partial charge in [0, 0.05) is 50.3 Å². The molecule has 0 bridgehead atoms. The first-order valence-electron chi connectivity index (χ1n) is 7.73. The fourth-order valence-electron chi connectivity index (χ4n) is 2.57. The van der Waals surface area contributed by atoms with Gasteiger partial charge >= 0.3 is 0 Å². The Kier molecular flexibility index (Phi) is 4.99. The smallest absolute Gasteiger partial charge is 0.257 e. The minimum atomic E-state index is -0.689.